The second-order valence-electron chi connectivity index (χ2n) is 4.64. The molecule has 0 unspecified atom stereocenters. The number of hydrogen-bond donors (Lipinski definition) is 1. The summed E-state index contributed by atoms with van der Waals surface area (Å²) in [6, 6.07) is 4.92. The van der Waals surface area contributed by atoms with Crippen LogP contribution in [-0.4, -0.2) is 37.1 Å². The third-order valence-corrected chi connectivity index (χ3v) is 4.84. The summed E-state index contributed by atoms with van der Waals surface area (Å²) in [7, 11) is 0. The van der Waals surface area contributed by atoms with Crippen LogP contribution in [0.4, 0.5) is 0 Å². The highest BCUT2D eigenvalue weighted by Gasteiger charge is 2.42. The van der Waals surface area contributed by atoms with Gasteiger partial charge in [-0.15, -0.1) is 5.10 Å². The Morgan fingerprint density at radius 2 is 2.33 bits per heavy atom. The number of aromatic carboxylic acids is 1. The summed E-state index contributed by atoms with van der Waals surface area (Å²) in [5, 5.41) is 17.2. The highest BCUT2D eigenvalue weighted by Crippen LogP contribution is 2.48. The van der Waals surface area contributed by atoms with Crippen LogP contribution in [0.25, 0.3) is 11.0 Å². The number of nitrogens with zero attached hydrogens (tertiary/aromatic N) is 3. The molecule has 1 N–H and O–H groups in total. The van der Waals surface area contributed by atoms with E-state index in [9.17, 15) is 4.79 Å². The Labute approximate surface area is 108 Å². The van der Waals surface area contributed by atoms with Crippen LogP contribution in [0.1, 0.15) is 23.2 Å². The third-order valence-electron chi connectivity index (χ3n) is 3.44. The fourth-order valence-corrected chi connectivity index (χ4v) is 2.82. The molecule has 0 spiro atoms. The van der Waals surface area contributed by atoms with Gasteiger partial charge in [-0.05, 0) is 37.3 Å². The lowest BCUT2D eigenvalue weighted by molar-refractivity contribution is 0.0697. The smallest absolute Gasteiger partial charge is 0.335 e. The van der Waals surface area contributed by atoms with E-state index in [0.29, 0.717) is 0 Å². The number of carboxylic acids is 1. The van der Waals surface area contributed by atoms with Gasteiger partial charge >= 0.3 is 5.97 Å². The highest BCUT2D eigenvalue weighted by molar-refractivity contribution is 8.00. The molecule has 1 heterocycles. The van der Waals surface area contributed by atoms with Gasteiger partial charge in [0.1, 0.15) is 5.52 Å². The van der Waals surface area contributed by atoms with E-state index in [-0.39, 0.29) is 10.3 Å². The molecule has 0 atom stereocenters. The van der Waals surface area contributed by atoms with Gasteiger partial charge in [0.25, 0.3) is 0 Å². The topological polar surface area (TPSA) is 68.0 Å². The molecule has 94 valence electrons. The van der Waals surface area contributed by atoms with Gasteiger partial charge in [-0.3, -0.25) is 0 Å². The number of rotatable bonds is 4. The van der Waals surface area contributed by atoms with Crippen molar-refractivity contribution < 1.29 is 9.90 Å². The van der Waals surface area contributed by atoms with Crippen molar-refractivity contribution in [1.82, 2.24) is 15.0 Å². The maximum absolute atomic E-state index is 11.0. The summed E-state index contributed by atoms with van der Waals surface area (Å²) < 4.78 is 2.10. The minimum Gasteiger partial charge on any atom is -0.478 e. The van der Waals surface area contributed by atoms with Crippen molar-refractivity contribution in [3.8, 4) is 0 Å². The normalized spacial score (nSPS) is 16.9. The second kappa shape index (κ2) is 3.98. The molecule has 0 aliphatic heterocycles. The predicted molar refractivity (Wildman–Crippen MR) is 70.0 cm³/mol. The van der Waals surface area contributed by atoms with Crippen LogP contribution in [0.15, 0.2) is 18.2 Å². The summed E-state index contributed by atoms with van der Waals surface area (Å²) in [5.74, 6) is -0.921. The molecule has 3 rings (SSSR count). The van der Waals surface area contributed by atoms with Crippen LogP contribution in [-0.2, 0) is 6.54 Å². The van der Waals surface area contributed by atoms with E-state index in [1.165, 1.54) is 12.8 Å². The Bertz CT molecular complexity index is 619. The molecule has 1 aromatic carbocycles. The van der Waals surface area contributed by atoms with Gasteiger partial charge in [0.2, 0.25) is 0 Å². The molecular formula is C12H13N3O2S. The molecular weight excluding hydrogens is 250 g/mol. The zero-order valence-electron chi connectivity index (χ0n) is 9.96. The van der Waals surface area contributed by atoms with E-state index in [4.69, 9.17) is 5.11 Å². The van der Waals surface area contributed by atoms with Crippen molar-refractivity contribution in [3.05, 3.63) is 23.8 Å². The van der Waals surface area contributed by atoms with Crippen molar-refractivity contribution in [1.29, 1.82) is 0 Å². The lowest BCUT2D eigenvalue weighted by Crippen LogP contribution is -2.15. The Morgan fingerprint density at radius 1 is 1.56 bits per heavy atom. The highest BCUT2D eigenvalue weighted by atomic mass is 32.2. The van der Waals surface area contributed by atoms with Gasteiger partial charge < -0.3 is 5.11 Å². The minimum absolute atomic E-state index is 0.278. The number of thioether (sulfide) groups is 1. The predicted octanol–water partition coefficient (Wildman–Crippen LogP) is 2.03. The van der Waals surface area contributed by atoms with E-state index in [1.54, 1.807) is 18.2 Å². The Morgan fingerprint density at radius 3 is 2.94 bits per heavy atom. The van der Waals surface area contributed by atoms with Gasteiger partial charge in [0, 0.05) is 4.75 Å². The van der Waals surface area contributed by atoms with Crippen LogP contribution < -0.4 is 0 Å². The van der Waals surface area contributed by atoms with Crippen molar-refractivity contribution in [2.75, 3.05) is 6.26 Å². The SMILES string of the molecule is CSC1(Cn2nnc3ccc(C(=O)O)cc32)CC1. The molecule has 0 amide bonds. The molecule has 0 bridgehead atoms. The van der Waals surface area contributed by atoms with Crippen LogP contribution in [0.3, 0.4) is 0 Å². The first-order chi connectivity index (χ1) is 8.63. The molecule has 0 saturated heterocycles. The van der Waals surface area contributed by atoms with Crippen LogP contribution in [0, 0.1) is 0 Å². The first-order valence-corrected chi connectivity index (χ1v) is 6.98. The zero-order valence-corrected chi connectivity index (χ0v) is 10.8. The molecule has 1 saturated carbocycles. The standard InChI is InChI=1S/C12H13N3O2S/c1-18-12(4-5-12)7-15-10-6-8(11(16)17)2-3-9(10)13-14-15/h2-3,6H,4-5,7H2,1H3,(H,16,17). The van der Waals surface area contributed by atoms with Crippen molar-refractivity contribution in [2.45, 2.75) is 24.1 Å². The van der Waals surface area contributed by atoms with Gasteiger partial charge in [-0.1, -0.05) is 5.21 Å². The number of hydrogen-bond acceptors (Lipinski definition) is 4. The first kappa shape index (κ1) is 11.5. The Balaban J connectivity index is 2.01. The number of fused-ring (bicyclic) bond motifs is 1. The average Bonchev–Trinajstić information content (AvgIpc) is 3.04. The van der Waals surface area contributed by atoms with E-state index in [0.717, 1.165) is 17.6 Å². The lowest BCUT2D eigenvalue weighted by Gasteiger charge is -2.11. The fraction of sp³-hybridized carbons (Fsp3) is 0.417. The minimum atomic E-state index is -0.921. The van der Waals surface area contributed by atoms with E-state index in [2.05, 4.69) is 16.6 Å². The largest absolute Gasteiger partial charge is 0.478 e. The molecule has 2 aromatic rings. The van der Waals surface area contributed by atoms with E-state index in [1.807, 2.05) is 16.4 Å². The first-order valence-electron chi connectivity index (χ1n) is 5.75. The molecule has 18 heavy (non-hydrogen) atoms. The summed E-state index contributed by atoms with van der Waals surface area (Å²) in [4.78, 5) is 11.0. The van der Waals surface area contributed by atoms with Gasteiger partial charge in [0.15, 0.2) is 0 Å². The lowest BCUT2D eigenvalue weighted by atomic mass is 10.2. The monoisotopic (exact) mass is 263 g/mol. The number of aromatic nitrogens is 3. The Kier molecular flexibility index (Phi) is 2.55. The van der Waals surface area contributed by atoms with Crippen LogP contribution in [0.2, 0.25) is 0 Å². The van der Waals surface area contributed by atoms with E-state index >= 15 is 0 Å². The molecule has 1 aliphatic carbocycles. The van der Waals surface area contributed by atoms with E-state index < -0.39 is 5.97 Å². The third kappa shape index (κ3) is 1.86. The Hall–Kier alpha value is -1.56. The average molecular weight is 263 g/mol. The zero-order chi connectivity index (χ0) is 12.8. The number of benzene rings is 1. The summed E-state index contributed by atoms with van der Waals surface area (Å²) >= 11 is 1.85. The molecule has 5 nitrogen and oxygen atoms in total. The summed E-state index contributed by atoms with van der Waals surface area (Å²) in [6.07, 6.45) is 4.48. The number of carboxylic acid groups (broad SMARTS) is 1. The molecule has 1 aromatic heterocycles. The van der Waals surface area contributed by atoms with Gasteiger partial charge in [-0.2, -0.15) is 11.8 Å². The quantitative estimate of drug-likeness (QED) is 0.914. The van der Waals surface area contributed by atoms with Crippen LogP contribution in [0.5, 0.6) is 0 Å². The molecule has 0 radical (unpaired) electrons. The maximum atomic E-state index is 11.0. The fourth-order valence-electron chi connectivity index (χ4n) is 2.05. The molecule has 6 heteroatoms. The maximum Gasteiger partial charge on any atom is 0.335 e. The molecule has 1 fully saturated rings. The molecule has 1 aliphatic rings. The van der Waals surface area contributed by atoms with Crippen LogP contribution >= 0.6 is 11.8 Å². The van der Waals surface area contributed by atoms with Crippen molar-refractivity contribution >= 4 is 28.8 Å². The van der Waals surface area contributed by atoms with Gasteiger partial charge in [0.05, 0.1) is 17.6 Å². The van der Waals surface area contributed by atoms with Crippen molar-refractivity contribution in [3.63, 3.8) is 0 Å². The summed E-state index contributed by atoms with van der Waals surface area (Å²) in [6.45, 7) is 0.799. The van der Waals surface area contributed by atoms with Crippen molar-refractivity contribution in [2.24, 2.45) is 0 Å². The summed E-state index contributed by atoms with van der Waals surface area (Å²) in [5.41, 5.74) is 1.83. The van der Waals surface area contributed by atoms with Gasteiger partial charge in [-0.25, -0.2) is 9.48 Å². The number of carbonyl (C=O) groups is 1. The second-order valence-corrected chi connectivity index (χ2v) is 5.92.